The van der Waals surface area contributed by atoms with Crippen molar-refractivity contribution in [2.45, 2.75) is 62.7 Å². The fourth-order valence-electron chi connectivity index (χ4n) is 4.13. The Hall–Kier alpha value is -4.73. The number of carbonyl (C=O) groups is 6. The number of rotatable bonds is 10. The molecule has 0 radical (unpaired) electrons. The Kier molecular flexibility index (Phi) is 13.7. The van der Waals surface area contributed by atoms with Gasteiger partial charge in [-0.15, -0.1) is 0 Å². The van der Waals surface area contributed by atoms with Crippen LogP contribution in [-0.4, -0.2) is 84.3 Å². The molecule has 5 amide bonds. The van der Waals surface area contributed by atoms with Crippen LogP contribution in [0.4, 0.5) is 0 Å². The lowest BCUT2D eigenvalue weighted by Crippen LogP contribution is -2.57. The van der Waals surface area contributed by atoms with Crippen LogP contribution in [0.3, 0.4) is 0 Å². The smallest absolute Gasteiger partial charge is 0.326 e. The van der Waals surface area contributed by atoms with Crippen molar-refractivity contribution in [1.29, 1.82) is 0 Å². The second-order valence-electron chi connectivity index (χ2n) is 9.65. The van der Waals surface area contributed by atoms with Gasteiger partial charge in [-0.3, -0.25) is 29.0 Å². The molecule has 1 aliphatic rings. The number of hydrogen-bond donors (Lipinski definition) is 9. The molecule has 1 saturated heterocycles. The summed E-state index contributed by atoms with van der Waals surface area (Å²) < 4.78 is 0. The van der Waals surface area contributed by atoms with Crippen LogP contribution in [0.25, 0.3) is 0 Å². The number of hydrogen-bond acceptors (Lipinski definition) is 8. The monoisotopic (exact) mass is 589 g/mol. The van der Waals surface area contributed by atoms with E-state index in [1.54, 1.807) is 30.3 Å². The highest BCUT2D eigenvalue weighted by molar-refractivity contribution is 5.97. The summed E-state index contributed by atoms with van der Waals surface area (Å²) >= 11 is 0. The van der Waals surface area contributed by atoms with E-state index in [4.69, 9.17) is 17.2 Å². The number of nitrogens with two attached hydrogens (primary N) is 3. The maximum atomic E-state index is 13.5. The minimum Gasteiger partial charge on any atom is -0.480 e. The van der Waals surface area contributed by atoms with Crippen LogP contribution in [0.5, 0.6) is 0 Å². The number of nitrogens with one attached hydrogen (secondary N) is 5. The van der Waals surface area contributed by atoms with Gasteiger partial charge in [-0.2, -0.15) is 0 Å². The molecule has 1 aromatic rings. The SMILES string of the molecule is NCCCC[C@@H]1NC(=O)[C@H](CCCN=C(N)N)NC(=O)CNC(=O)CC(C(=O)O)NC(=O)[C@@H](c2ccccc2)NC1=O. The maximum absolute atomic E-state index is 13.5. The first-order valence-corrected chi connectivity index (χ1v) is 13.5. The molecule has 16 nitrogen and oxygen atoms in total. The maximum Gasteiger partial charge on any atom is 0.326 e. The molecule has 1 aromatic carbocycles. The average Bonchev–Trinajstić information content (AvgIpc) is 2.95. The van der Waals surface area contributed by atoms with Gasteiger partial charge in [-0.1, -0.05) is 30.3 Å². The van der Waals surface area contributed by atoms with Gasteiger partial charge in [0, 0.05) is 6.54 Å². The Morgan fingerprint density at radius 2 is 1.48 bits per heavy atom. The van der Waals surface area contributed by atoms with E-state index in [0.717, 1.165) is 0 Å². The minimum absolute atomic E-state index is 0.0928. The summed E-state index contributed by atoms with van der Waals surface area (Å²) in [6, 6.07) is 2.84. The first-order chi connectivity index (χ1) is 20.0. The Bertz CT molecular complexity index is 1140. The topological polar surface area (TPSA) is 273 Å². The van der Waals surface area contributed by atoms with Crippen molar-refractivity contribution < 1.29 is 33.9 Å². The van der Waals surface area contributed by atoms with Gasteiger partial charge in [0.05, 0.1) is 13.0 Å². The Balaban J connectivity index is 2.44. The summed E-state index contributed by atoms with van der Waals surface area (Å²) in [7, 11) is 0. The van der Waals surface area contributed by atoms with E-state index in [9.17, 15) is 33.9 Å². The third-order valence-electron chi connectivity index (χ3n) is 6.31. The minimum atomic E-state index is -1.65. The predicted molar refractivity (Wildman–Crippen MR) is 151 cm³/mol. The molecule has 230 valence electrons. The zero-order valence-electron chi connectivity index (χ0n) is 23.1. The van der Waals surface area contributed by atoms with Crippen molar-refractivity contribution in [3.8, 4) is 0 Å². The average molecular weight is 590 g/mol. The lowest BCUT2D eigenvalue weighted by atomic mass is 10.0. The number of guanidine groups is 1. The number of nitrogens with zero attached hydrogens (tertiary/aromatic N) is 1. The fourth-order valence-corrected chi connectivity index (χ4v) is 4.13. The van der Waals surface area contributed by atoms with Gasteiger partial charge in [-0.25, -0.2) is 4.79 Å². The quantitative estimate of drug-likeness (QED) is 0.0762. The number of aliphatic imine (C=N–C) groups is 1. The van der Waals surface area contributed by atoms with Crippen LogP contribution in [-0.2, 0) is 28.8 Å². The van der Waals surface area contributed by atoms with Crippen LogP contribution in [0, 0.1) is 0 Å². The molecule has 1 aliphatic heterocycles. The second kappa shape index (κ2) is 17.2. The molecule has 16 heteroatoms. The van der Waals surface area contributed by atoms with E-state index in [1.165, 1.54) is 0 Å². The van der Waals surface area contributed by atoms with Crippen molar-refractivity contribution in [3.05, 3.63) is 35.9 Å². The molecule has 0 bridgehead atoms. The van der Waals surface area contributed by atoms with Gasteiger partial charge in [0.1, 0.15) is 24.2 Å². The summed E-state index contributed by atoms with van der Waals surface area (Å²) in [6.45, 7) is -0.0451. The molecule has 1 fully saturated rings. The molecular weight excluding hydrogens is 550 g/mol. The van der Waals surface area contributed by atoms with E-state index < -0.39 is 72.6 Å². The number of carboxylic acid groups (broad SMARTS) is 1. The van der Waals surface area contributed by atoms with Gasteiger partial charge in [-0.05, 0) is 44.2 Å². The zero-order chi connectivity index (χ0) is 31.1. The first kappa shape index (κ1) is 33.5. The fraction of sp³-hybridized carbons (Fsp3) is 0.500. The van der Waals surface area contributed by atoms with Crippen LogP contribution in [0.1, 0.15) is 50.1 Å². The number of aliphatic carboxylic acids is 1. The van der Waals surface area contributed by atoms with Gasteiger partial charge in [0.2, 0.25) is 29.5 Å². The summed E-state index contributed by atoms with van der Waals surface area (Å²) in [5.74, 6) is -5.48. The van der Waals surface area contributed by atoms with E-state index in [1.807, 2.05) is 0 Å². The van der Waals surface area contributed by atoms with Crippen molar-refractivity contribution in [1.82, 2.24) is 26.6 Å². The van der Waals surface area contributed by atoms with Gasteiger partial charge >= 0.3 is 5.97 Å². The molecule has 4 atom stereocenters. The van der Waals surface area contributed by atoms with Crippen LogP contribution in [0.15, 0.2) is 35.3 Å². The highest BCUT2D eigenvalue weighted by Gasteiger charge is 2.33. The van der Waals surface area contributed by atoms with E-state index >= 15 is 0 Å². The van der Waals surface area contributed by atoms with Crippen LogP contribution in [0.2, 0.25) is 0 Å². The lowest BCUT2D eigenvalue weighted by molar-refractivity contribution is -0.144. The highest BCUT2D eigenvalue weighted by Crippen LogP contribution is 2.15. The molecule has 0 spiro atoms. The van der Waals surface area contributed by atoms with Gasteiger partial charge < -0.3 is 48.9 Å². The zero-order valence-corrected chi connectivity index (χ0v) is 23.1. The Morgan fingerprint density at radius 3 is 2.12 bits per heavy atom. The third kappa shape index (κ3) is 11.4. The molecule has 2 rings (SSSR count). The molecule has 0 saturated carbocycles. The largest absolute Gasteiger partial charge is 0.480 e. The molecule has 42 heavy (non-hydrogen) atoms. The lowest BCUT2D eigenvalue weighted by Gasteiger charge is -2.27. The number of carbonyl (C=O) groups excluding carboxylic acids is 5. The normalized spacial score (nSPS) is 22.5. The number of carboxylic acids is 1. The van der Waals surface area contributed by atoms with E-state index in [0.29, 0.717) is 31.4 Å². The second-order valence-corrected chi connectivity index (χ2v) is 9.65. The summed E-state index contributed by atoms with van der Waals surface area (Å²) in [4.78, 5) is 80.8. The molecular formula is C26H39N9O7. The van der Waals surface area contributed by atoms with Crippen molar-refractivity contribution in [2.75, 3.05) is 19.6 Å². The number of amides is 5. The molecule has 12 N–H and O–H groups in total. The summed E-state index contributed by atoms with van der Waals surface area (Å²) in [5, 5.41) is 22.0. The van der Waals surface area contributed by atoms with Gasteiger partial charge in [0.15, 0.2) is 5.96 Å². The first-order valence-electron chi connectivity index (χ1n) is 13.5. The van der Waals surface area contributed by atoms with Gasteiger partial charge in [0.25, 0.3) is 0 Å². The molecule has 0 aromatic heterocycles. The number of unbranched alkanes of at least 4 members (excludes halogenated alkanes) is 1. The predicted octanol–water partition coefficient (Wildman–Crippen LogP) is -2.91. The standard InChI is InChI=1S/C26H39N9O7/c27-11-5-4-9-17-23(39)35-21(15-7-2-1-3-8-15)24(40)34-18(25(41)42)13-19(36)31-14-20(37)32-16(22(38)33-17)10-6-12-30-26(28)29/h1-3,7-8,16-18,21H,4-6,9-14,27H2,(H,31,36)(H,32,37)(H,33,38)(H,34,40)(H,35,39)(H,41,42)(H4,28,29,30)/t16-,17-,18?,21+/m0/s1. The van der Waals surface area contributed by atoms with E-state index in [-0.39, 0.29) is 25.3 Å². The molecule has 1 unspecified atom stereocenters. The van der Waals surface area contributed by atoms with Crippen molar-refractivity contribution in [2.24, 2.45) is 22.2 Å². The van der Waals surface area contributed by atoms with Crippen molar-refractivity contribution in [3.63, 3.8) is 0 Å². The Labute approximate surface area is 242 Å². The van der Waals surface area contributed by atoms with E-state index in [2.05, 4.69) is 31.6 Å². The van der Waals surface area contributed by atoms with Crippen LogP contribution >= 0.6 is 0 Å². The molecule has 1 heterocycles. The summed E-state index contributed by atoms with van der Waals surface area (Å²) in [6.07, 6.45) is 0.889. The van der Waals surface area contributed by atoms with Crippen molar-refractivity contribution >= 4 is 41.5 Å². The van der Waals surface area contributed by atoms with Crippen LogP contribution < -0.4 is 43.8 Å². The third-order valence-corrected chi connectivity index (χ3v) is 6.31. The number of benzene rings is 1. The highest BCUT2D eigenvalue weighted by atomic mass is 16.4. The Morgan fingerprint density at radius 1 is 0.833 bits per heavy atom. The molecule has 0 aliphatic carbocycles. The summed E-state index contributed by atoms with van der Waals surface area (Å²) in [5.41, 5.74) is 16.6.